The summed E-state index contributed by atoms with van der Waals surface area (Å²) in [5.74, 6) is -0.319. The van der Waals surface area contributed by atoms with E-state index in [1.807, 2.05) is 19.1 Å². The maximum atomic E-state index is 13.2. The van der Waals surface area contributed by atoms with Crippen molar-refractivity contribution in [1.82, 2.24) is 15.1 Å². The normalized spacial score (nSPS) is 11.5. The molecule has 1 heterocycles. The van der Waals surface area contributed by atoms with Gasteiger partial charge in [-0.2, -0.15) is 18.3 Å². The highest BCUT2D eigenvalue weighted by Gasteiger charge is 2.35. The standard InChI is InChI=1S/C21H20F3N3O2/c1-14-3-5-15(6-4-14)18-13-19(21(22,23)24)26-27(18)17-9-7-16(8-10-17)20(29)25-11-2-12-28/h3-10,13,28H,2,11-12H2,1H3,(H,25,29). The molecule has 0 aliphatic heterocycles. The quantitative estimate of drug-likeness (QED) is 0.612. The number of carbonyl (C=O) groups is 1. The average Bonchev–Trinajstić information content (AvgIpc) is 3.15. The molecule has 2 N–H and O–H groups in total. The summed E-state index contributed by atoms with van der Waals surface area (Å²) in [5.41, 5.74) is 1.68. The second-order valence-corrected chi connectivity index (χ2v) is 6.57. The fourth-order valence-electron chi connectivity index (χ4n) is 2.78. The van der Waals surface area contributed by atoms with Crippen LogP contribution >= 0.6 is 0 Å². The third-order valence-electron chi connectivity index (χ3n) is 4.34. The van der Waals surface area contributed by atoms with Crippen molar-refractivity contribution < 1.29 is 23.1 Å². The molecular weight excluding hydrogens is 383 g/mol. The molecule has 1 aromatic heterocycles. The largest absolute Gasteiger partial charge is 0.435 e. The number of aromatic nitrogens is 2. The molecule has 0 unspecified atom stereocenters. The fourth-order valence-corrected chi connectivity index (χ4v) is 2.78. The first kappa shape index (κ1) is 20.6. The zero-order valence-corrected chi connectivity index (χ0v) is 15.7. The van der Waals surface area contributed by atoms with Gasteiger partial charge in [-0.3, -0.25) is 4.79 Å². The van der Waals surface area contributed by atoms with Crippen LogP contribution in [0.5, 0.6) is 0 Å². The molecule has 3 rings (SSSR count). The Balaban J connectivity index is 1.96. The first-order valence-corrected chi connectivity index (χ1v) is 9.03. The summed E-state index contributed by atoms with van der Waals surface area (Å²) < 4.78 is 41.0. The summed E-state index contributed by atoms with van der Waals surface area (Å²) in [5, 5.41) is 15.2. The summed E-state index contributed by atoms with van der Waals surface area (Å²) in [6.45, 7) is 2.21. The van der Waals surface area contributed by atoms with Crippen molar-refractivity contribution in [3.05, 3.63) is 71.4 Å². The molecular formula is C21H20F3N3O2. The number of amides is 1. The Morgan fingerprint density at radius 1 is 1.10 bits per heavy atom. The Kier molecular flexibility index (Phi) is 6.03. The number of aliphatic hydroxyl groups is 1. The number of aliphatic hydroxyl groups excluding tert-OH is 1. The lowest BCUT2D eigenvalue weighted by Crippen LogP contribution is -2.24. The van der Waals surface area contributed by atoms with E-state index >= 15 is 0 Å². The Morgan fingerprint density at radius 2 is 1.76 bits per heavy atom. The van der Waals surface area contributed by atoms with Gasteiger partial charge >= 0.3 is 6.18 Å². The number of aryl methyl sites for hydroxylation is 1. The summed E-state index contributed by atoms with van der Waals surface area (Å²) >= 11 is 0. The van der Waals surface area contributed by atoms with E-state index in [2.05, 4.69) is 10.4 Å². The van der Waals surface area contributed by atoms with E-state index in [9.17, 15) is 18.0 Å². The van der Waals surface area contributed by atoms with Crippen molar-refractivity contribution in [2.45, 2.75) is 19.5 Å². The number of halogens is 3. The van der Waals surface area contributed by atoms with Crippen LogP contribution in [-0.4, -0.2) is 33.9 Å². The molecule has 8 heteroatoms. The second kappa shape index (κ2) is 8.48. The zero-order valence-electron chi connectivity index (χ0n) is 15.7. The van der Waals surface area contributed by atoms with Crippen LogP contribution in [-0.2, 0) is 6.18 Å². The molecule has 3 aromatic rings. The minimum atomic E-state index is -4.57. The summed E-state index contributed by atoms with van der Waals surface area (Å²) in [6.07, 6.45) is -4.13. The molecule has 0 spiro atoms. The van der Waals surface area contributed by atoms with E-state index in [1.165, 1.54) is 16.8 Å². The van der Waals surface area contributed by atoms with Gasteiger partial charge in [-0.1, -0.05) is 29.8 Å². The molecule has 29 heavy (non-hydrogen) atoms. The van der Waals surface area contributed by atoms with E-state index in [0.717, 1.165) is 11.6 Å². The van der Waals surface area contributed by atoms with E-state index in [4.69, 9.17) is 5.11 Å². The van der Waals surface area contributed by atoms with Crippen molar-refractivity contribution in [2.75, 3.05) is 13.2 Å². The maximum Gasteiger partial charge on any atom is 0.435 e. The van der Waals surface area contributed by atoms with E-state index in [0.29, 0.717) is 35.5 Å². The van der Waals surface area contributed by atoms with Gasteiger partial charge in [0, 0.05) is 24.3 Å². The lowest BCUT2D eigenvalue weighted by atomic mass is 10.1. The molecule has 0 aliphatic carbocycles. The maximum absolute atomic E-state index is 13.2. The third kappa shape index (κ3) is 4.83. The Bertz CT molecular complexity index is 978. The number of carbonyl (C=O) groups excluding carboxylic acids is 1. The summed E-state index contributed by atoms with van der Waals surface area (Å²) in [4.78, 5) is 12.1. The van der Waals surface area contributed by atoms with Crippen molar-refractivity contribution in [3.8, 4) is 16.9 Å². The topological polar surface area (TPSA) is 67.2 Å². The summed E-state index contributed by atoms with van der Waals surface area (Å²) in [7, 11) is 0. The summed E-state index contributed by atoms with van der Waals surface area (Å²) in [6, 6.07) is 14.3. The molecule has 5 nitrogen and oxygen atoms in total. The van der Waals surface area contributed by atoms with Crippen LogP contribution in [0.25, 0.3) is 16.9 Å². The number of rotatable bonds is 6. The molecule has 0 fully saturated rings. The molecule has 0 bridgehead atoms. The van der Waals surface area contributed by atoms with Gasteiger partial charge in [0.15, 0.2) is 5.69 Å². The first-order chi connectivity index (χ1) is 13.8. The third-order valence-corrected chi connectivity index (χ3v) is 4.34. The van der Waals surface area contributed by atoms with Gasteiger partial charge in [0.2, 0.25) is 0 Å². The van der Waals surface area contributed by atoms with Crippen molar-refractivity contribution >= 4 is 5.91 Å². The molecule has 0 atom stereocenters. The number of hydrogen-bond donors (Lipinski definition) is 2. The minimum absolute atomic E-state index is 0.0259. The molecule has 152 valence electrons. The fraction of sp³-hybridized carbons (Fsp3) is 0.238. The van der Waals surface area contributed by atoms with Gasteiger partial charge in [0.25, 0.3) is 5.91 Å². The molecule has 0 aliphatic rings. The van der Waals surface area contributed by atoms with Gasteiger partial charge in [0.05, 0.1) is 11.4 Å². The van der Waals surface area contributed by atoms with Crippen LogP contribution < -0.4 is 5.32 Å². The minimum Gasteiger partial charge on any atom is -0.396 e. The van der Waals surface area contributed by atoms with E-state index in [-0.39, 0.29) is 12.5 Å². The van der Waals surface area contributed by atoms with Gasteiger partial charge in [-0.15, -0.1) is 0 Å². The molecule has 2 aromatic carbocycles. The smallest absolute Gasteiger partial charge is 0.396 e. The number of nitrogens with zero attached hydrogens (tertiary/aromatic N) is 2. The van der Waals surface area contributed by atoms with Crippen LogP contribution in [0.4, 0.5) is 13.2 Å². The number of nitrogens with one attached hydrogen (secondary N) is 1. The molecule has 1 amide bonds. The Labute approximate surface area is 165 Å². The monoisotopic (exact) mass is 403 g/mol. The van der Waals surface area contributed by atoms with Crippen LogP contribution in [0.1, 0.15) is 28.0 Å². The lowest BCUT2D eigenvalue weighted by molar-refractivity contribution is -0.141. The average molecular weight is 403 g/mol. The van der Waals surface area contributed by atoms with Crippen LogP contribution in [0, 0.1) is 6.92 Å². The Hall–Kier alpha value is -3.13. The van der Waals surface area contributed by atoms with Gasteiger partial charge in [0.1, 0.15) is 0 Å². The predicted octanol–water partition coefficient (Wildman–Crippen LogP) is 3.98. The number of benzene rings is 2. The molecule has 0 saturated heterocycles. The molecule has 0 saturated carbocycles. The van der Waals surface area contributed by atoms with Gasteiger partial charge in [-0.05, 0) is 43.7 Å². The second-order valence-electron chi connectivity index (χ2n) is 6.57. The zero-order chi connectivity index (χ0) is 21.0. The highest BCUT2D eigenvalue weighted by atomic mass is 19.4. The Morgan fingerprint density at radius 3 is 2.34 bits per heavy atom. The van der Waals surface area contributed by atoms with E-state index < -0.39 is 11.9 Å². The SMILES string of the molecule is Cc1ccc(-c2cc(C(F)(F)F)nn2-c2ccc(C(=O)NCCCO)cc2)cc1. The van der Waals surface area contributed by atoms with Gasteiger partial charge < -0.3 is 10.4 Å². The van der Waals surface area contributed by atoms with Crippen molar-refractivity contribution in [2.24, 2.45) is 0 Å². The van der Waals surface area contributed by atoms with Crippen LogP contribution in [0.2, 0.25) is 0 Å². The first-order valence-electron chi connectivity index (χ1n) is 9.03. The molecule has 0 radical (unpaired) electrons. The highest BCUT2D eigenvalue weighted by molar-refractivity contribution is 5.94. The van der Waals surface area contributed by atoms with Crippen molar-refractivity contribution in [1.29, 1.82) is 0 Å². The van der Waals surface area contributed by atoms with Crippen LogP contribution in [0.3, 0.4) is 0 Å². The van der Waals surface area contributed by atoms with E-state index in [1.54, 1.807) is 24.3 Å². The lowest BCUT2D eigenvalue weighted by Gasteiger charge is -2.09. The van der Waals surface area contributed by atoms with Gasteiger partial charge in [-0.25, -0.2) is 4.68 Å². The van der Waals surface area contributed by atoms with Crippen LogP contribution in [0.15, 0.2) is 54.6 Å². The van der Waals surface area contributed by atoms with Crippen molar-refractivity contribution in [3.63, 3.8) is 0 Å². The number of alkyl halides is 3. The number of hydrogen-bond acceptors (Lipinski definition) is 3. The highest BCUT2D eigenvalue weighted by Crippen LogP contribution is 2.33. The predicted molar refractivity (Wildman–Crippen MR) is 103 cm³/mol.